The highest BCUT2D eigenvalue weighted by Crippen LogP contribution is 2.47. The summed E-state index contributed by atoms with van der Waals surface area (Å²) in [6, 6.07) is 27.2. The fraction of sp³-hybridized carbons (Fsp3) is 0.303. The number of hydrogen-bond donors (Lipinski definition) is 2. The minimum atomic E-state index is -0.836. The third kappa shape index (κ3) is 5.11. The third-order valence-corrected chi connectivity index (χ3v) is 8.38. The van der Waals surface area contributed by atoms with E-state index >= 15 is 0 Å². The van der Waals surface area contributed by atoms with Gasteiger partial charge in [0, 0.05) is 6.04 Å². The number of H-pyrrole nitrogens is 1. The average molecular weight is 535 g/mol. The number of imidazole rings is 1. The molecule has 2 aliphatic rings. The summed E-state index contributed by atoms with van der Waals surface area (Å²) < 4.78 is 4.88. The molecule has 1 aliphatic carbocycles. The van der Waals surface area contributed by atoms with Crippen LogP contribution in [0.4, 0.5) is 4.79 Å². The van der Waals surface area contributed by atoms with Crippen molar-refractivity contribution in [2.24, 2.45) is 5.92 Å². The molecule has 2 unspecified atom stereocenters. The molecular formula is C33H34N4O3. The molecule has 1 aliphatic heterocycles. The first-order valence-corrected chi connectivity index (χ1v) is 14.0. The molecular weight excluding hydrogens is 500 g/mol. The molecule has 3 aromatic carbocycles. The molecule has 4 aromatic rings. The maximum Gasteiger partial charge on any atom is 0.407 e. The molecule has 7 nitrogen and oxygen atoms in total. The Hall–Kier alpha value is -4.39. The molecule has 1 aromatic heterocycles. The minimum Gasteiger partial charge on any atom is -0.453 e. The van der Waals surface area contributed by atoms with Gasteiger partial charge in [0.05, 0.1) is 25.0 Å². The second-order valence-corrected chi connectivity index (χ2v) is 10.7. The molecule has 2 fully saturated rings. The Morgan fingerprint density at radius 2 is 1.55 bits per heavy atom. The zero-order chi connectivity index (χ0) is 27.5. The van der Waals surface area contributed by atoms with Crippen LogP contribution in [0.15, 0.2) is 91.1 Å². The Bertz CT molecular complexity index is 1450. The Morgan fingerprint density at radius 3 is 2.27 bits per heavy atom. The third-order valence-electron chi connectivity index (χ3n) is 8.38. The fourth-order valence-electron chi connectivity index (χ4n) is 6.41. The highest BCUT2D eigenvalue weighted by molar-refractivity contribution is 5.87. The Balaban J connectivity index is 1.30. The fourth-order valence-corrected chi connectivity index (χ4v) is 6.41. The van der Waals surface area contributed by atoms with Crippen LogP contribution >= 0.6 is 0 Å². The van der Waals surface area contributed by atoms with Crippen LogP contribution in [0, 0.1) is 5.92 Å². The van der Waals surface area contributed by atoms with Crippen LogP contribution in [-0.2, 0) is 9.53 Å². The number of carbonyl (C=O) groups is 2. The standard InChI is InChI=1S/C33H34N4O3/c1-40-33(39)36-30(25-12-6-3-7-13-25)32(38)37-28-15-9-8-14-26(28)20-29(37)31-34-21-27(35-31)24-18-16-23(17-19-24)22-10-4-2-5-11-22/h2-7,10-13,16-19,21,26,28-30H,8-9,14-15,20H2,1H3,(H,34,35)(H,36,39)/t26?,28?,29-,30-/m0/s1. The number of alkyl carbamates (subject to hydrolysis) is 1. The second kappa shape index (κ2) is 11.4. The van der Waals surface area contributed by atoms with Crippen molar-refractivity contribution >= 4 is 12.0 Å². The van der Waals surface area contributed by atoms with Crippen molar-refractivity contribution in [2.45, 2.75) is 50.2 Å². The number of hydrogen-bond acceptors (Lipinski definition) is 4. The van der Waals surface area contributed by atoms with Gasteiger partial charge < -0.3 is 19.9 Å². The van der Waals surface area contributed by atoms with Gasteiger partial charge >= 0.3 is 6.09 Å². The van der Waals surface area contributed by atoms with Crippen molar-refractivity contribution < 1.29 is 14.3 Å². The molecule has 1 saturated carbocycles. The summed E-state index contributed by atoms with van der Waals surface area (Å²) in [5, 5.41) is 2.79. The van der Waals surface area contributed by atoms with E-state index in [1.54, 1.807) is 0 Å². The molecule has 2 N–H and O–H groups in total. The number of rotatable bonds is 6. The molecule has 0 radical (unpaired) electrons. The van der Waals surface area contributed by atoms with Crippen LogP contribution in [0.5, 0.6) is 0 Å². The lowest BCUT2D eigenvalue weighted by Crippen LogP contribution is -2.47. The second-order valence-electron chi connectivity index (χ2n) is 10.7. The van der Waals surface area contributed by atoms with Crippen LogP contribution in [-0.4, -0.2) is 40.0 Å². The van der Waals surface area contributed by atoms with Gasteiger partial charge in [-0.25, -0.2) is 9.78 Å². The van der Waals surface area contributed by atoms with Crippen LogP contribution in [0.2, 0.25) is 0 Å². The maximum atomic E-state index is 14.3. The number of nitrogens with zero attached hydrogens (tertiary/aromatic N) is 2. The summed E-state index contributed by atoms with van der Waals surface area (Å²) in [4.78, 5) is 36.9. The Morgan fingerprint density at radius 1 is 0.900 bits per heavy atom. The topological polar surface area (TPSA) is 87.3 Å². The Kier molecular flexibility index (Phi) is 7.36. The van der Waals surface area contributed by atoms with Gasteiger partial charge in [0.1, 0.15) is 11.9 Å². The van der Waals surface area contributed by atoms with Gasteiger partial charge in [-0.15, -0.1) is 0 Å². The number of likely N-dealkylation sites (tertiary alicyclic amines) is 1. The van der Waals surface area contributed by atoms with Crippen LogP contribution < -0.4 is 5.32 Å². The van der Waals surface area contributed by atoms with Gasteiger partial charge in [0.2, 0.25) is 0 Å². The number of benzene rings is 3. The van der Waals surface area contributed by atoms with Crippen molar-refractivity contribution in [3.05, 3.63) is 103 Å². The normalized spacial score (nSPS) is 20.9. The van der Waals surface area contributed by atoms with Crippen molar-refractivity contribution in [1.29, 1.82) is 0 Å². The van der Waals surface area contributed by atoms with Gasteiger partial charge in [0.25, 0.3) is 5.91 Å². The summed E-state index contributed by atoms with van der Waals surface area (Å²) in [5.74, 6) is 1.08. The number of aromatic amines is 1. The molecule has 4 atom stereocenters. The van der Waals surface area contributed by atoms with E-state index in [0.717, 1.165) is 53.9 Å². The maximum absolute atomic E-state index is 14.3. The lowest BCUT2D eigenvalue weighted by Gasteiger charge is -2.36. The largest absolute Gasteiger partial charge is 0.453 e. The van der Waals surface area contributed by atoms with Gasteiger partial charge in [-0.05, 0) is 47.4 Å². The summed E-state index contributed by atoms with van der Waals surface area (Å²) in [7, 11) is 1.31. The number of ether oxygens (including phenoxy) is 1. The number of nitrogens with one attached hydrogen (secondary N) is 2. The smallest absolute Gasteiger partial charge is 0.407 e. The Labute approximate surface area is 234 Å². The van der Waals surface area contributed by atoms with E-state index in [2.05, 4.69) is 46.7 Å². The number of amides is 2. The van der Waals surface area contributed by atoms with E-state index in [1.807, 2.05) is 59.6 Å². The van der Waals surface area contributed by atoms with E-state index in [4.69, 9.17) is 9.72 Å². The number of aromatic nitrogens is 2. The monoisotopic (exact) mass is 534 g/mol. The van der Waals surface area contributed by atoms with Crippen molar-refractivity contribution in [2.75, 3.05) is 7.11 Å². The van der Waals surface area contributed by atoms with Gasteiger partial charge in [-0.1, -0.05) is 97.8 Å². The molecule has 204 valence electrons. The number of methoxy groups -OCH3 is 1. The lowest BCUT2D eigenvalue weighted by atomic mass is 9.84. The molecule has 6 rings (SSSR count). The molecule has 0 spiro atoms. The van der Waals surface area contributed by atoms with Crippen molar-refractivity contribution in [3.8, 4) is 22.4 Å². The zero-order valence-corrected chi connectivity index (χ0v) is 22.6. The van der Waals surface area contributed by atoms with E-state index in [-0.39, 0.29) is 18.0 Å². The number of carbonyl (C=O) groups excluding carboxylic acids is 2. The first kappa shape index (κ1) is 25.9. The van der Waals surface area contributed by atoms with Gasteiger partial charge in [0.15, 0.2) is 0 Å². The van der Waals surface area contributed by atoms with Crippen molar-refractivity contribution in [1.82, 2.24) is 20.2 Å². The molecule has 2 amide bonds. The molecule has 1 saturated heterocycles. The summed E-state index contributed by atoms with van der Waals surface area (Å²) in [5.41, 5.74) is 5.03. The lowest BCUT2D eigenvalue weighted by molar-refractivity contribution is -0.137. The summed E-state index contributed by atoms with van der Waals surface area (Å²) in [6.45, 7) is 0. The zero-order valence-electron chi connectivity index (χ0n) is 22.6. The first-order valence-electron chi connectivity index (χ1n) is 14.0. The van der Waals surface area contributed by atoms with E-state index < -0.39 is 12.1 Å². The summed E-state index contributed by atoms with van der Waals surface area (Å²) >= 11 is 0. The van der Waals surface area contributed by atoms with Crippen LogP contribution in [0.1, 0.15) is 55.6 Å². The van der Waals surface area contributed by atoms with Gasteiger partial charge in [-0.3, -0.25) is 4.79 Å². The predicted octanol–water partition coefficient (Wildman–Crippen LogP) is 6.67. The van der Waals surface area contributed by atoms with Gasteiger partial charge in [-0.2, -0.15) is 0 Å². The number of fused-ring (bicyclic) bond motifs is 1. The van der Waals surface area contributed by atoms with Crippen molar-refractivity contribution in [3.63, 3.8) is 0 Å². The van der Waals surface area contributed by atoms with Crippen LogP contribution in [0.3, 0.4) is 0 Å². The first-order chi connectivity index (χ1) is 19.6. The molecule has 7 heteroatoms. The molecule has 2 heterocycles. The highest BCUT2D eigenvalue weighted by atomic mass is 16.5. The predicted molar refractivity (Wildman–Crippen MR) is 154 cm³/mol. The SMILES string of the molecule is COC(=O)N[C@H](C(=O)N1C2CCCCC2C[C@H]1c1ncc(-c2ccc(-c3ccccc3)cc2)[nH]1)c1ccccc1. The highest BCUT2D eigenvalue weighted by Gasteiger charge is 2.48. The van der Waals surface area contributed by atoms with Crippen LogP contribution in [0.25, 0.3) is 22.4 Å². The minimum absolute atomic E-state index is 0.121. The van der Waals surface area contributed by atoms with E-state index in [1.165, 1.54) is 19.1 Å². The van der Waals surface area contributed by atoms with E-state index in [9.17, 15) is 9.59 Å². The summed E-state index contributed by atoms with van der Waals surface area (Å²) in [6.07, 6.45) is 6.42. The molecule has 40 heavy (non-hydrogen) atoms. The van der Waals surface area contributed by atoms with E-state index in [0.29, 0.717) is 5.92 Å². The quantitative estimate of drug-likeness (QED) is 0.289. The molecule has 0 bridgehead atoms. The average Bonchev–Trinajstić information content (AvgIpc) is 3.66.